The van der Waals surface area contributed by atoms with Crippen LogP contribution in [0.25, 0.3) is 0 Å². The first-order valence-corrected chi connectivity index (χ1v) is 7.81. The van der Waals surface area contributed by atoms with Crippen LogP contribution in [-0.2, 0) is 6.42 Å². The maximum Gasteiger partial charge on any atom is 0.231 e. The van der Waals surface area contributed by atoms with Crippen molar-refractivity contribution >= 4 is 11.9 Å². The lowest BCUT2D eigenvalue weighted by molar-refractivity contribution is 0.173. The molecule has 7 heteroatoms. The van der Waals surface area contributed by atoms with E-state index in [1.807, 2.05) is 37.9 Å². The van der Waals surface area contributed by atoms with Crippen molar-refractivity contribution in [2.45, 2.75) is 32.4 Å². The van der Waals surface area contributed by atoms with Crippen LogP contribution in [0, 0.1) is 0 Å². The highest BCUT2D eigenvalue weighted by molar-refractivity contribution is 5.98. The van der Waals surface area contributed by atoms with Gasteiger partial charge in [0.1, 0.15) is 0 Å². The number of nitrogens with two attached hydrogens (primary N) is 1. The third-order valence-electron chi connectivity index (χ3n) is 4.16. The van der Waals surface area contributed by atoms with Crippen LogP contribution in [0.5, 0.6) is 11.5 Å². The van der Waals surface area contributed by atoms with Gasteiger partial charge in [0.2, 0.25) is 12.8 Å². The van der Waals surface area contributed by atoms with Crippen molar-refractivity contribution in [1.82, 2.24) is 10.2 Å². The Balaban J connectivity index is 1.68. The van der Waals surface area contributed by atoms with E-state index >= 15 is 0 Å². The molecule has 124 valence electrons. The maximum absolute atomic E-state index is 5.89. The third kappa shape index (κ3) is 3.33. The monoisotopic (exact) mass is 317 g/mol. The number of nitrogens with one attached hydrogen (secondary N) is 1. The van der Waals surface area contributed by atoms with E-state index in [-0.39, 0.29) is 12.1 Å². The molecule has 7 nitrogen and oxygen atoms in total. The SMILES string of the molecule is CC1N=C(N)NC(N(C)CCc2cccc3c2OCO3)=NC1C. The van der Waals surface area contributed by atoms with E-state index in [1.165, 1.54) is 0 Å². The normalized spacial score (nSPS) is 22.7. The molecular formula is C16H23N5O2. The van der Waals surface area contributed by atoms with Crippen molar-refractivity contribution in [2.75, 3.05) is 20.4 Å². The highest BCUT2D eigenvalue weighted by Gasteiger charge is 2.20. The van der Waals surface area contributed by atoms with Crippen LogP contribution < -0.4 is 20.5 Å². The van der Waals surface area contributed by atoms with Crippen LogP contribution in [0.3, 0.4) is 0 Å². The number of fused-ring (bicyclic) bond motifs is 1. The number of hydrogen-bond donors (Lipinski definition) is 2. The molecule has 2 aliphatic heterocycles. The van der Waals surface area contributed by atoms with Crippen LogP contribution in [0.15, 0.2) is 28.2 Å². The average molecular weight is 317 g/mol. The van der Waals surface area contributed by atoms with Gasteiger partial charge in [0.05, 0.1) is 12.1 Å². The topological polar surface area (TPSA) is 84.5 Å². The smallest absolute Gasteiger partial charge is 0.231 e. The number of benzene rings is 1. The standard InChI is InChI=1S/C16H23N5O2/c1-10-11(2)19-16(20-15(17)18-10)21(3)8-7-12-5-4-6-13-14(12)23-9-22-13/h4-6,10-11H,7-9H2,1-3H3,(H3,17,18,19,20). The van der Waals surface area contributed by atoms with Crippen molar-refractivity contribution in [3.63, 3.8) is 0 Å². The second-order valence-corrected chi connectivity index (χ2v) is 5.90. The van der Waals surface area contributed by atoms with Gasteiger partial charge in [-0.05, 0) is 31.9 Å². The fourth-order valence-electron chi connectivity index (χ4n) is 2.58. The Hall–Kier alpha value is -2.44. The number of likely N-dealkylation sites (N-methyl/N-ethyl adjacent to an activating group) is 1. The Morgan fingerprint density at radius 3 is 2.87 bits per heavy atom. The summed E-state index contributed by atoms with van der Waals surface area (Å²) < 4.78 is 11.0. The lowest BCUT2D eigenvalue weighted by Crippen LogP contribution is -2.45. The molecule has 2 aliphatic rings. The fraction of sp³-hybridized carbons (Fsp3) is 0.500. The Kier molecular flexibility index (Phi) is 4.27. The molecule has 2 heterocycles. The number of ether oxygens (including phenoxy) is 2. The summed E-state index contributed by atoms with van der Waals surface area (Å²) in [5.74, 6) is 2.81. The van der Waals surface area contributed by atoms with Gasteiger partial charge in [-0.3, -0.25) is 5.32 Å². The van der Waals surface area contributed by atoms with Crippen LogP contribution in [0.4, 0.5) is 0 Å². The summed E-state index contributed by atoms with van der Waals surface area (Å²) in [6.45, 7) is 5.12. The minimum atomic E-state index is 0.0661. The molecule has 3 N–H and O–H groups in total. The van der Waals surface area contributed by atoms with Gasteiger partial charge in [-0.2, -0.15) is 0 Å². The number of para-hydroxylation sites is 1. The molecular weight excluding hydrogens is 294 g/mol. The molecule has 2 atom stereocenters. The number of rotatable bonds is 3. The molecule has 3 rings (SSSR count). The maximum atomic E-state index is 5.89. The van der Waals surface area contributed by atoms with Crippen molar-refractivity contribution in [2.24, 2.45) is 15.7 Å². The molecule has 0 aromatic heterocycles. The first-order chi connectivity index (χ1) is 11.0. The molecule has 0 radical (unpaired) electrons. The van der Waals surface area contributed by atoms with Crippen molar-refractivity contribution in [3.8, 4) is 11.5 Å². The van der Waals surface area contributed by atoms with E-state index in [0.29, 0.717) is 12.8 Å². The van der Waals surface area contributed by atoms with Gasteiger partial charge >= 0.3 is 0 Å². The van der Waals surface area contributed by atoms with E-state index in [2.05, 4.69) is 21.4 Å². The Labute approximate surface area is 136 Å². The van der Waals surface area contributed by atoms with Gasteiger partial charge in [0.25, 0.3) is 0 Å². The van der Waals surface area contributed by atoms with Gasteiger partial charge < -0.3 is 20.1 Å². The highest BCUT2D eigenvalue weighted by atomic mass is 16.7. The first kappa shape index (κ1) is 15.5. The van der Waals surface area contributed by atoms with E-state index in [1.54, 1.807) is 0 Å². The molecule has 0 spiro atoms. The van der Waals surface area contributed by atoms with E-state index in [9.17, 15) is 0 Å². The molecule has 0 saturated heterocycles. The van der Waals surface area contributed by atoms with Gasteiger partial charge in [0.15, 0.2) is 17.5 Å². The third-order valence-corrected chi connectivity index (χ3v) is 4.16. The van der Waals surface area contributed by atoms with Gasteiger partial charge in [-0.15, -0.1) is 0 Å². The minimum Gasteiger partial charge on any atom is -0.454 e. The number of guanidine groups is 2. The molecule has 0 amide bonds. The largest absolute Gasteiger partial charge is 0.454 e. The summed E-state index contributed by atoms with van der Waals surface area (Å²) in [7, 11) is 1.99. The van der Waals surface area contributed by atoms with Crippen LogP contribution in [-0.4, -0.2) is 49.3 Å². The Morgan fingerprint density at radius 2 is 2.04 bits per heavy atom. The number of hydrogen-bond acceptors (Lipinski definition) is 7. The summed E-state index contributed by atoms with van der Waals surface area (Å²) in [5.41, 5.74) is 7.02. The van der Waals surface area contributed by atoms with Crippen molar-refractivity contribution in [3.05, 3.63) is 23.8 Å². The lowest BCUT2D eigenvalue weighted by atomic mass is 10.1. The quantitative estimate of drug-likeness (QED) is 0.867. The lowest BCUT2D eigenvalue weighted by Gasteiger charge is -2.22. The summed E-state index contributed by atoms with van der Waals surface area (Å²) in [4.78, 5) is 11.1. The summed E-state index contributed by atoms with van der Waals surface area (Å²) in [6.07, 6.45) is 0.824. The van der Waals surface area contributed by atoms with E-state index < -0.39 is 0 Å². The highest BCUT2D eigenvalue weighted by Crippen LogP contribution is 2.35. The zero-order valence-electron chi connectivity index (χ0n) is 13.7. The Bertz CT molecular complexity index is 643. The molecule has 0 fully saturated rings. The summed E-state index contributed by atoms with van der Waals surface area (Å²) in [6, 6.07) is 6.12. The second-order valence-electron chi connectivity index (χ2n) is 5.90. The summed E-state index contributed by atoms with van der Waals surface area (Å²) in [5, 5.41) is 3.08. The predicted molar refractivity (Wildman–Crippen MR) is 90.0 cm³/mol. The molecule has 0 saturated carbocycles. The van der Waals surface area contributed by atoms with Crippen LogP contribution in [0.1, 0.15) is 19.4 Å². The molecule has 23 heavy (non-hydrogen) atoms. The van der Waals surface area contributed by atoms with Crippen LogP contribution in [0.2, 0.25) is 0 Å². The van der Waals surface area contributed by atoms with Gasteiger partial charge in [0, 0.05) is 13.6 Å². The zero-order valence-corrected chi connectivity index (χ0v) is 13.7. The van der Waals surface area contributed by atoms with Gasteiger partial charge in [-0.25, -0.2) is 9.98 Å². The predicted octanol–water partition coefficient (Wildman–Crippen LogP) is 0.941. The number of nitrogens with zero attached hydrogens (tertiary/aromatic N) is 3. The fourth-order valence-corrected chi connectivity index (χ4v) is 2.58. The molecule has 0 aliphatic carbocycles. The first-order valence-electron chi connectivity index (χ1n) is 7.81. The van der Waals surface area contributed by atoms with Crippen molar-refractivity contribution in [1.29, 1.82) is 0 Å². The number of aliphatic imine (C=N–C) groups is 2. The van der Waals surface area contributed by atoms with E-state index in [0.717, 1.165) is 36.0 Å². The molecule has 1 aromatic rings. The Morgan fingerprint density at radius 1 is 1.26 bits per heavy atom. The van der Waals surface area contributed by atoms with Crippen molar-refractivity contribution < 1.29 is 9.47 Å². The van der Waals surface area contributed by atoms with Gasteiger partial charge in [-0.1, -0.05) is 12.1 Å². The summed E-state index contributed by atoms with van der Waals surface area (Å²) >= 11 is 0. The minimum absolute atomic E-state index is 0.0661. The molecule has 0 bridgehead atoms. The molecule has 1 aromatic carbocycles. The van der Waals surface area contributed by atoms with E-state index in [4.69, 9.17) is 15.2 Å². The average Bonchev–Trinajstić information content (AvgIpc) is 2.95. The molecule has 2 unspecified atom stereocenters. The second kappa shape index (κ2) is 6.36. The zero-order chi connectivity index (χ0) is 16.4. The van der Waals surface area contributed by atoms with Crippen LogP contribution >= 0.6 is 0 Å².